The smallest absolute Gasteiger partial charge is 0.273 e. The monoisotopic (exact) mass is 341 g/mol. The molecule has 8 nitrogen and oxygen atoms in total. The lowest BCUT2D eigenvalue weighted by Crippen LogP contribution is -2.43. The van der Waals surface area contributed by atoms with Gasteiger partial charge in [0.15, 0.2) is 0 Å². The molecule has 0 bridgehead atoms. The van der Waals surface area contributed by atoms with Gasteiger partial charge in [0.25, 0.3) is 11.6 Å². The van der Waals surface area contributed by atoms with E-state index in [0.717, 1.165) is 31.9 Å². The van der Waals surface area contributed by atoms with E-state index in [0.29, 0.717) is 11.4 Å². The molecule has 130 valence electrons. The summed E-state index contributed by atoms with van der Waals surface area (Å²) in [6.45, 7) is 5.27. The molecule has 2 aromatic rings. The minimum absolute atomic E-state index is 0.0744. The van der Waals surface area contributed by atoms with Gasteiger partial charge in [-0.25, -0.2) is 4.98 Å². The van der Waals surface area contributed by atoms with E-state index in [1.54, 1.807) is 25.3 Å². The number of rotatable bonds is 4. The number of nitro groups is 1. The van der Waals surface area contributed by atoms with Crippen LogP contribution in [0.1, 0.15) is 15.9 Å². The number of hydrogen-bond donors (Lipinski definition) is 2. The predicted molar refractivity (Wildman–Crippen MR) is 95.1 cm³/mol. The molecule has 1 aromatic carbocycles. The third-order valence-electron chi connectivity index (χ3n) is 4.22. The number of nitro benzene ring substituents is 1. The van der Waals surface area contributed by atoms with Crippen molar-refractivity contribution in [2.24, 2.45) is 0 Å². The first kappa shape index (κ1) is 16.8. The summed E-state index contributed by atoms with van der Waals surface area (Å²) < 4.78 is 0. The molecule has 1 amide bonds. The van der Waals surface area contributed by atoms with Crippen LogP contribution in [-0.2, 0) is 0 Å². The third-order valence-corrected chi connectivity index (χ3v) is 4.22. The van der Waals surface area contributed by atoms with Crippen molar-refractivity contribution in [3.05, 3.63) is 57.8 Å². The molecular formula is C17H19N5O3. The van der Waals surface area contributed by atoms with E-state index in [4.69, 9.17) is 0 Å². The Labute approximate surface area is 145 Å². The Morgan fingerprint density at radius 1 is 1.28 bits per heavy atom. The molecule has 8 heteroatoms. The van der Waals surface area contributed by atoms with Crippen LogP contribution in [0.3, 0.4) is 0 Å². The zero-order chi connectivity index (χ0) is 17.8. The normalized spacial score (nSPS) is 14.2. The van der Waals surface area contributed by atoms with Crippen molar-refractivity contribution >= 4 is 23.1 Å². The topological polar surface area (TPSA) is 100 Å². The lowest BCUT2D eigenvalue weighted by atomic mass is 10.1. The standard InChI is InChI=1S/C17H19N5O3/c1-12-14(3-2-4-15(12)22(24)25)17(23)20-16-6-5-13(11-19-16)21-9-7-18-8-10-21/h2-6,11,18H,7-10H2,1H3,(H,19,20,23). The number of pyridine rings is 1. The molecule has 3 rings (SSSR count). The zero-order valence-electron chi connectivity index (χ0n) is 13.9. The Morgan fingerprint density at radius 3 is 2.68 bits per heavy atom. The first-order chi connectivity index (χ1) is 12.1. The number of amides is 1. The van der Waals surface area contributed by atoms with Gasteiger partial charge in [-0.05, 0) is 25.1 Å². The molecule has 2 heterocycles. The lowest BCUT2D eigenvalue weighted by Gasteiger charge is -2.29. The van der Waals surface area contributed by atoms with E-state index in [2.05, 4.69) is 20.5 Å². The van der Waals surface area contributed by atoms with Crippen LogP contribution < -0.4 is 15.5 Å². The highest BCUT2D eigenvalue weighted by molar-refractivity contribution is 6.05. The summed E-state index contributed by atoms with van der Waals surface area (Å²) in [6.07, 6.45) is 1.72. The van der Waals surface area contributed by atoms with E-state index >= 15 is 0 Å². The van der Waals surface area contributed by atoms with Crippen LogP contribution >= 0.6 is 0 Å². The molecule has 0 atom stereocenters. The number of aromatic nitrogens is 1. The zero-order valence-corrected chi connectivity index (χ0v) is 13.9. The summed E-state index contributed by atoms with van der Waals surface area (Å²) in [5.41, 5.74) is 1.53. The number of carbonyl (C=O) groups excluding carboxylic acids is 1. The summed E-state index contributed by atoms with van der Waals surface area (Å²) in [5, 5.41) is 17.0. The molecule has 1 aliphatic heterocycles. The maximum absolute atomic E-state index is 12.4. The van der Waals surface area contributed by atoms with Crippen LogP contribution in [0, 0.1) is 17.0 Å². The van der Waals surface area contributed by atoms with Crippen LogP contribution in [0.15, 0.2) is 36.5 Å². The van der Waals surface area contributed by atoms with E-state index in [1.807, 2.05) is 6.07 Å². The molecule has 0 radical (unpaired) electrons. The second-order valence-corrected chi connectivity index (χ2v) is 5.80. The highest BCUT2D eigenvalue weighted by Crippen LogP contribution is 2.22. The van der Waals surface area contributed by atoms with Gasteiger partial charge in [-0.3, -0.25) is 14.9 Å². The van der Waals surface area contributed by atoms with Gasteiger partial charge in [0.1, 0.15) is 5.82 Å². The van der Waals surface area contributed by atoms with Crippen molar-refractivity contribution in [2.75, 3.05) is 36.4 Å². The van der Waals surface area contributed by atoms with Gasteiger partial charge in [-0.2, -0.15) is 0 Å². The number of benzene rings is 1. The van der Waals surface area contributed by atoms with Crippen molar-refractivity contribution in [3.8, 4) is 0 Å². The lowest BCUT2D eigenvalue weighted by molar-refractivity contribution is -0.385. The van der Waals surface area contributed by atoms with Crippen LogP contribution in [0.25, 0.3) is 0 Å². The largest absolute Gasteiger partial charge is 0.368 e. The molecule has 0 unspecified atom stereocenters. The van der Waals surface area contributed by atoms with E-state index < -0.39 is 10.8 Å². The highest BCUT2D eigenvalue weighted by Gasteiger charge is 2.18. The summed E-state index contributed by atoms with van der Waals surface area (Å²) in [7, 11) is 0. The third kappa shape index (κ3) is 3.74. The molecule has 2 N–H and O–H groups in total. The van der Waals surface area contributed by atoms with Crippen LogP contribution in [-0.4, -0.2) is 42.0 Å². The average Bonchev–Trinajstić information content (AvgIpc) is 2.63. The van der Waals surface area contributed by atoms with Gasteiger partial charge in [-0.1, -0.05) is 6.07 Å². The maximum atomic E-state index is 12.4. The van der Waals surface area contributed by atoms with E-state index in [9.17, 15) is 14.9 Å². The molecule has 1 saturated heterocycles. The van der Waals surface area contributed by atoms with Crippen molar-refractivity contribution in [1.29, 1.82) is 0 Å². The first-order valence-electron chi connectivity index (χ1n) is 8.03. The first-order valence-corrected chi connectivity index (χ1v) is 8.03. The number of piperazine rings is 1. The quantitative estimate of drug-likeness (QED) is 0.651. The minimum atomic E-state index is -0.493. The Balaban J connectivity index is 1.73. The van der Waals surface area contributed by atoms with Gasteiger partial charge in [-0.15, -0.1) is 0 Å². The Kier molecular flexibility index (Phi) is 4.90. The Morgan fingerprint density at radius 2 is 2.04 bits per heavy atom. The number of nitrogens with one attached hydrogen (secondary N) is 2. The Bertz CT molecular complexity index is 785. The highest BCUT2D eigenvalue weighted by atomic mass is 16.6. The SMILES string of the molecule is Cc1c(C(=O)Nc2ccc(N3CCNCC3)cn2)cccc1[N+](=O)[O-]. The molecule has 25 heavy (non-hydrogen) atoms. The van der Waals surface area contributed by atoms with Gasteiger partial charge < -0.3 is 15.5 Å². The second kappa shape index (κ2) is 7.27. The average molecular weight is 341 g/mol. The number of hydrogen-bond acceptors (Lipinski definition) is 6. The fourth-order valence-corrected chi connectivity index (χ4v) is 2.82. The van der Waals surface area contributed by atoms with Gasteiger partial charge in [0.2, 0.25) is 0 Å². The van der Waals surface area contributed by atoms with Crippen molar-refractivity contribution in [2.45, 2.75) is 6.92 Å². The number of nitrogens with zero attached hydrogens (tertiary/aromatic N) is 3. The van der Waals surface area contributed by atoms with Crippen LogP contribution in [0.5, 0.6) is 0 Å². The predicted octanol–water partition coefficient (Wildman–Crippen LogP) is 1.96. The molecule has 0 spiro atoms. The molecule has 0 saturated carbocycles. The number of anilines is 2. The van der Waals surface area contributed by atoms with Crippen LogP contribution in [0.2, 0.25) is 0 Å². The second-order valence-electron chi connectivity index (χ2n) is 5.80. The molecule has 1 aromatic heterocycles. The van der Waals surface area contributed by atoms with Crippen molar-refractivity contribution in [3.63, 3.8) is 0 Å². The van der Waals surface area contributed by atoms with Crippen LogP contribution in [0.4, 0.5) is 17.2 Å². The fraction of sp³-hybridized carbons (Fsp3) is 0.294. The summed E-state index contributed by atoms with van der Waals surface area (Å²) in [5.74, 6) is -0.00147. The van der Waals surface area contributed by atoms with Crippen molar-refractivity contribution < 1.29 is 9.72 Å². The van der Waals surface area contributed by atoms with Crippen molar-refractivity contribution in [1.82, 2.24) is 10.3 Å². The fourth-order valence-electron chi connectivity index (χ4n) is 2.82. The minimum Gasteiger partial charge on any atom is -0.368 e. The molecular weight excluding hydrogens is 322 g/mol. The maximum Gasteiger partial charge on any atom is 0.273 e. The van der Waals surface area contributed by atoms with E-state index in [1.165, 1.54) is 12.1 Å². The Hall–Kier alpha value is -3.00. The van der Waals surface area contributed by atoms with Gasteiger partial charge in [0, 0.05) is 43.4 Å². The summed E-state index contributed by atoms with van der Waals surface area (Å²) in [4.78, 5) is 29.4. The van der Waals surface area contributed by atoms with Gasteiger partial charge >= 0.3 is 0 Å². The molecule has 1 fully saturated rings. The summed E-state index contributed by atoms with van der Waals surface area (Å²) >= 11 is 0. The number of carbonyl (C=O) groups is 1. The molecule has 0 aliphatic carbocycles. The van der Waals surface area contributed by atoms with Gasteiger partial charge in [0.05, 0.1) is 16.8 Å². The summed E-state index contributed by atoms with van der Waals surface area (Å²) in [6, 6.07) is 8.09. The molecule has 1 aliphatic rings. The van der Waals surface area contributed by atoms with E-state index in [-0.39, 0.29) is 11.3 Å².